The van der Waals surface area contributed by atoms with Crippen LogP contribution < -0.4 is 21.3 Å². The van der Waals surface area contributed by atoms with Gasteiger partial charge in [-0.15, -0.1) is 0 Å². The summed E-state index contributed by atoms with van der Waals surface area (Å²) in [5.41, 5.74) is 0. The van der Waals surface area contributed by atoms with E-state index in [4.69, 9.17) is 0 Å². The molecule has 0 atom stereocenters. The van der Waals surface area contributed by atoms with Crippen molar-refractivity contribution in [3.05, 3.63) is 0 Å². The Morgan fingerprint density at radius 3 is 1.94 bits per heavy atom. The third-order valence-electron chi connectivity index (χ3n) is 2.44. The second-order valence-electron chi connectivity index (χ2n) is 3.90. The third-order valence-corrected chi connectivity index (χ3v) is 2.44. The molecule has 0 radical (unpaired) electrons. The molecular weight excluding hydrogens is 202 g/mol. The average Bonchev–Trinajstić information content (AvgIpc) is 2.29. The zero-order chi connectivity index (χ0) is 11.3. The minimum Gasteiger partial charge on any atom is -0.315 e. The molecule has 0 amide bonds. The molecule has 0 saturated carbocycles. The van der Waals surface area contributed by atoms with Crippen LogP contribution in [-0.4, -0.2) is 65.1 Å². The molecule has 0 spiro atoms. The average molecular weight is 227 g/mol. The van der Waals surface area contributed by atoms with E-state index in [2.05, 4.69) is 26.3 Å². The van der Waals surface area contributed by atoms with E-state index in [1.807, 2.05) is 6.21 Å². The summed E-state index contributed by atoms with van der Waals surface area (Å²) in [7, 11) is 0. The molecule has 1 aliphatic rings. The van der Waals surface area contributed by atoms with Crippen molar-refractivity contribution >= 4 is 6.21 Å². The van der Waals surface area contributed by atoms with Gasteiger partial charge in [-0.25, -0.2) is 0 Å². The topological polar surface area (TPSA) is 60.5 Å². The van der Waals surface area contributed by atoms with Crippen molar-refractivity contribution in [2.45, 2.75) is 6.42 Å². The standard InChI is InChI=1S/C11H25N5/c1-2-12-4-6-14-8-10-16-11-9-15-7-5-13-3-1/h4,13-16H,1-3,5-11H2. The second kappa shape index (κ2) is 11.0. The van der Waals surface area contributed by atoms with Crippen LogP contribution in [0.3, 0.4) is 0 Å². The molecule has 16 heavy (non-hydrogen) atoms. The molecule has 5 heteroatoms. The molecule has 4 N–H and O–H groups in total. The molecule has 0 bridgehead atoms. The van der Waals surface area contributed by atoms with Gasteiger partial charge >= 0.3 is 0 Å². The van der Waals surface area contributed by atoms with E-state index in [9.17, 15) is 0 Å². The summed E-state index contributed by atoms with van der Waals surface area (Å²) >= 11 is 0. The maximum atomic E-state index is 4.34. The van der Waals surface area contributed by atoms with Crippen LogP contribution in [-0.2, 0) is 0 Å². The van der Waals surface area contributed by atoms with Gasteiger partial charge in [0, 0.05) is 58.6 Å². The lowest BCUT2D eigenvalue weighted by molar-refractivity contribution is 0.568. The van der Waals surface area contributed by atoms with E-state index in [1.165, 1.54) is 0 Å². The molecule has 1 heterocycles. The molecule has 0 aromatic carbocycles. The van der Waals surface area contributed by atoms with Crippen molar-refractivity contribution in [3.8, 4) is 0 Å². The highest BCUT2D eigenvalue weighted by Gasteiger charge is 1.91. The molecule has 1 rings (SSSR count). The van der Waals surface area contributed by atoms with E-state index < -0.39 is 0 Å². The monoisotopic (exact) mass is 227 g/mol. The van der Waals surface area contributed by atoms with E-state index in [-0.39, 0.29) is 0 Å². The van der Waals surface area contributed by atoms with Crippen molar-refractivity contribution in [3.63, 3.8) is 0 Å². The summed E-state index contributed by atoms with van der Waals surface area (Å²) in [4.78, 5) is 4.34. The highest BCUT2D eigenvalue weighted by molar-refractivity contribution is 5.59. The van der Waals surface area contributed by atoms with Crippen LogP contribution in [0, 0.1) is 0 Å². The van der Waals surface area contributed by atoms with Crippen molar-refractivity contribution in [1.82, 2.24) is 21.3 Å². The lowest BCUT2D eigenvalue weighted by Gasteiger charge is -2.08. The number of hydrogen-bond acceptors (Lipinski definition) is 5. The number of nitrogens with one attached hydrogen (secondary N) is 4. The molecule has 0 unspecified atom stereocenters. The highest BCUT2D eigenvalue weighted by atomic mass is 15.0. The molecule has 94 valence electrons. The maximum absolute atomic E-state index is 4.34. The van der Waals surface area contributed by atoms with Gasteiger partial charge in [-0.3, -0.25) is 4.99 Å². The van der Waals surface area contributed by atoms with Crippen LogP contribution >= 0.6 is 0 Å². The lowest BCUT2D eigenvalue weighted by atomic mass is 10.4. The summed E-state index contributed by atoms with van der Waals surface area (Å²) in [6, 6.07) is 0. The Labute approximate surface area is 98.5 Å². The van der Waals surface area contributed by atoms with Crippen LogP contribution in [0.25, 0.3) is 0 Å². The fraction of sp³-hybridized carbons (Fsp3) is 0.909. The number of hydrogen-bond donors (Lipinski definition) is 4. The Bertz CT molecular complexity index is 154. The summed E-state index contributed by atoms with van der Waals surface area (Å²) < 4.78 is 0. The van der Waals surface area contributed by atoms with Gasteiger partial charge in [0.1, 0.15) is 0 Å². The van der Waals surface area contributed by atoms with Crippen molar-refractivity contribution in [1.29, 1.82) is 0 Å². The van der Waals surface area contributed by atoms with Gasteiger partial charge in [-0.1, -0.05) is 0 Å². The van der Waals surface area contributed by atoms with Crippen LogP contribution in [0.1, 0.15) is 6.42 Å². The Kier molecular flexibility index (Phi) is 9.34. The normalized spacial score (nSPS) is 23.0. The van der Waals surface area contributed by atoms with E-state index in [0.29, 0.717) is 0 Å². The van der Waals surface area contributed by atoms with E-state index in [0.717, 1.165) is 65.3 Å². The van der Waals surface area contributed by atoms with Gasteiger partial charge in [0.25, 0.3) is 0 Å². The number of rotatable bonds is 0. The van der Waals surface area contributed by atoms with Gasteiger partial charge in [0.2, 0.25) is 0 Å². The first kappa shape index (κ1) is 13.6. The molecular formula is C11H25N5. The summed E-state index contributed by atoms with van der Waals surface area (Å²) in [6.07, 6.45) is 3.10. The summed E-state index contributed by atoms with van der Waals surface area (Å²) in [5.74, 6) is 0. The second-order valence-corrected chi connectivity index (χ2v) is 3.90. The van der Waals surface area contributed by atoms with Crippen LogP contribution in [0.2, 0.25) is 0 Å². The zero-order valence-corrected chi connectivity index (χ0v) is 10.1. The smallest absolute Gasteiger partial charge is 0.0398 e. The Balaban J connectivity index is 2.07. The van der Waals surface area contributed by atoms with Crippen molar-refractivity contribution < 1.29 is 0 Å². The minimum absolute atomic E-state index is 0.882. The minimum atomic E-state index is 0.882. The van der Waals surface area contributed by atoms with Crippen molar-refractivity contribution in [2.24, 2.45) is 4.99 Å². The molecule has 1 aliphatic heterocycles. The molecule has 0 aromatic heterocycles. The molecule has 0 aliphatic carbocycles. The number of aliphatic imine (C=N–C) groups is 1. The lowest BCUT2D eigenvalue weighted by Crippen LogP contribution is -2.35. The van der Waals surface area contributed by atoms with Gasteiger partial charge in [0.15, 0.2) is 0 Å². The maximum Gasteiger partial charge on any atom is 0.0398 e. The quantitative estimate of drug-likeness (QED) is 0.421. The third kappa shape index (κ3) is 8.79. The first-order valence-corrected chi connectivity index (χ1v) is 6.31. The fourth-order valence-electron chi connectivity index (χ4n) is 1.52. The van der Waals surface area contributed by atoms with Gasteiger partial charge in [0.05, 0.1) is 0 Å². The van der Waals surface area contributed by atoms with Crippen LogP contribution in [0.4, 0.5) is 0 Å². The van der Waals surface area contributed by atoms with Gasteiger partial charge in [-0.05, 0) is 13.0 Å². The Hall–Kier alpha value is -0.490. The zero-order valence-electron chi connectivity index (χ0n) is 10.1. The molecule has 0 aromatic rings. The van der Waals surface area contributed by atoms with Gasteiger partial charge in [-0.2, -0.15) is 0 Å². The Morgan fingerprint density at radius 1 is 0.688 bits per heavy atom. The first-order chi connectivity index (χ1) is 8.00. The van der Waals surface area contributed by atoms with Crippen LogP contribution in [0.5, 0.6) is 0 Å². The SMILES string of the molecule is C1=NCCCNCCNCCNCCNC1. The predicted molar refractivity (Wildman–Crippen MR) is 69.5 cm³/mol. The van der Waals surface area contributed by atoms with Crippen molar-refractivity contribution in [2.75, 3.05) is 58.9 Å². The largest absolute Gasteiger partial charge is 0.315 e. The molecule has 0 fully saturated rings. The Morgan fingerprint density at radius 2 is 1.25 bits per heavy atom. The summed E-state index contributed by atoms with van der Waals surface area (Å²) in [6.45, 7) is 9.08. The molecule has 5 nitrogen and oxygen atoms in total. The number of nitrogens with zero attached hydrogens (tertiary/aromatic N) is 1. The molecule has 0 saturated heterocycles. The highest BCUT2D eigenvalue weighted by Crippen LogP contribution is 1.77. The van der Waals surface area contributed by atoms with Gasteiger partial charge < -0.3 is 21.3 Å². The van der Waals surface area contributed by atoms with E-state index in [1.54, 1.807) is 0 Å². The first-order valence-electron chi connectivity index (χ1n) is 6.31. The van der Waals surface area contributed by atoms with Crippen LogP contribution in [0.15, 0.2) is 4.99 Å². The van der Waals surface area contributed by atoms with E-state index >= 15 is 0 Å². The fourth-order valence-corrected chi connectivity index (χ4v) is 1.52. The summed E-state index contributed by atoms with van der Waals surface area (Å²) in [5, 5.41) is 13.5. The predicted octanol–water partition coefficient (Wildman–Crippen LogP) is -1.18.